The van der Waals surface area contributed by atoms with Crippen molar-refractivity contribution in [1.82, 2.24) is 0 Å². The third-order valence-corrected chi connectivity index (χ3v) is 3.88. The third kappa shape index (κ3) is 3.16. The highest BCUT2D eigenvalue weighted by molar-refractivity contribution is 5.99. The number of ketones is 1. The highest BCUT2D eigenvalue weighted by Crippen LogP contribution is 2.18. The summed E-state index contributed by atoms with van der Waals surface area (Å²) < 4.78 is 0. The van der Waals surface area contributed by atoms with Crippen LogP contribution in [0.15, 0.2) is 42.5 Å². The summed E-state index contributed by atoms with van der Waals surface area (Å²) in [7, 11) is 0. The van der Waals surface area contributed by atoms with E-state index < -0.39 is 0 Å². The highest BCUT2D eigenvalue weighted by Gasteiger charge is 2.12. The van der Waals surface area contributed by atoms with Gasteiger partial charge in [-0.2, -0.15) is 0 Å². The van der Waals surface area contributed by atoms with Gasteiger partial charge in [-0.05, 0) is 48.1 Å². The van der Waals surface area contributed by atoms with Crippen molar-refractivity contribution in [3.63, 3.8) is 0 Å². The molecule has 20 heavy (non-hydrogen) atoms. The predicted octanol–water partition coefficient (Wildman–Crippen LogP) is 4.55. The maximum Gasteiger partial charge on any atom is 0.167 e. The zero-order valence-corrected chi connectivity index (χ0v) is 12.6. The lowest BCUT2D eigenvalue weighted by molar-refractivity contribution is 0.0992. The molecule has 0 aliphatic heterocycles. The number of Topliss-reactive ketones (excluding diaryl/α,β-unsaturated/α-hetero) is 1. The molecule has 0 amide bonds. The summed E-state index contributed by atoms with van der Waals surface area (Å²) >= 11 is 0. The molecule has 0 saturated heterocycles. The molecule has 1 nitrogen and oxygen atoms in total. The van der Waals surface area contributed by atoms with Gasteiger partial charge in [0.2, 0.25) is 0 Å². The summed E-state index contributed by atoms with van der Waals surface area (Å²) in [4.78, 5) is 12.6. The zero-order valence-electron chi connectivity index (χ0n) is 12.6. The van der Waals surface area contributed by atoms with Crippen LogP contribution >= 0.6 is 0 Å². The molecular weight excluding hydrogens is 244 g/mol. The Balaban J connectivity index is 2.31. The number of benzene rings is 2. The van der Waals surface area contributed by atoms with Crippen LogP contribution in [0.5, 0.6) is 0 Å². The summed E-state index contributed by atoms with van der Waals surface area (Å²) in [6.45, 7) is 6.29. The van der Waals surface area contributed by atoms with E-state index in [9.17, 15) is 4.79 Å². The Morgan fingerprint density at radius 2 is 1.70 bits per heavy atom. The molecule has 0 bridgehead atoms. The van der Waals surface area contributed by atoms with Gasteiger partial charge in [0.05, 0.1) is 0 Å². The molecule has 0 aliphatic rings. The van der Waals surface area contributed by atoms with E-state index in [0.29, 0.717) is 6.42 Å². The van der Waals surface area contributed by atoms with E-state index in [1.807, 2.05) is 18.2 Å². The van der Waals surface area contributed by atoms with Crippen LogP contribution < -0.4 is 0 Å². The van der Waals surface area contributed by atoms with Crippen LogP contribution in [0.1, 0.15) is 46.5 Å². The van der Waals surface area contributed by atoms with Gasteiger partial charge in [0.25, 0.3) is 0 Å². The van der Waals surface area contributed by atoms with Crippen LogP contribution in [0.25, 0.3) is 0 Å². The quantitative estimate of drug-likeness (QED) is 0.726. The van der Waals surface area contributed by atoms with Gasteiger partial charge in [-0.15, -0.1) is 0 Å². The van der Waals surface area contributed by atoms with Gasteiger partial charge in [0.15, 0.2) is 5.78 Å². The van der Waals surface area contributed by atoms with E-state index in [-0.39, 0.29) is 5.78 Å². The smallest absolute Gasteiger partial charge is 0.167 e. The Bertz CT molecular complexity index is 611. The topological polar surface area (TPSA) is 17.1 Å². The van der Waals surface area contributed by atoms with Crippen molar-refractivity contribution in [3.05, 3.63) is 70.3 Å². The number of hydrogen-bond donors (Lipinski definition) is 0. The fourth-order valence-electron chi connectivity index (χ4n) is 2.49. The first-order chi connectivity index (χ1) is 9.65. The first kappa shape index (κ1) is 14.5. The fraction of sp³-hybridized carbons (Fsp3) is 0.316. The van der Waals surface area contributed by atoms with E-state index in [2.05, 4.69) is 45.0 Å². The monoisotopic (exact) mass is 266 g/mol. The zero-order chi connectivity index (χ0) is 14.5. The average Bonchev–Trinajstić information content (AvgIpc) is 2.48. The minimum Gasteiger partial charge on any atom is -0.294 e. The van der Waals surface area contributed by atoms with E-state index >= 15 is 0 Å². The SMILES string of the molecule is CCc1ccc(CC)c(C(=O)Cc2ccccc2C)c1. The van der Waals surface area contributed by atoms with Crippen molar-refractivity contribution in [2.24, 2.45) is 0 Å². The lowest BCUT2D eigenvalue weighted by Gasteiger charge is -2.10. The summed E-state index contributed by atoms with van der Waals surface area (Å²) in [6, 6.07) is 14.4. The summed E-state index contributed by atoms with van der Waals surface area (Å²) in [5.41, 5.74) is 5.60. The second-order valence-corrected chi connectivity index (χ2v) is 5.23. The van der Waals surface area contributed by atoms with Crippen molar-refractivity contribution in [2.45, 2.75) is 40.0 Å². The lowest BCUT2D eigenvalue weighted by atomic mass is 9.93. The molecule has 2 aromatic rings. The molecule has 0 saturated carbocycles. The molecule has 0 aliphatic carbocycles. The average molecular weight is 266 g/mol. The molecule has 1 heteroatoms. The Morgan fingerprint density at radius 3 is 2.35 bits per heavy atom. The van der Waals surface area contributed by atoms with Crippen LogP contribution in [0.4, 0.5) is 0 Å². The van der Waals surface area contributed by atoms with Gasteiger partial charge < -0.3 is 0 Å². The van der Waals surface area contributed by atoms with Gasteiger partial charge >= 0.3 is 0 Å². The Morgan fingerprint density at radius 1 is 0.950 bits per heavy atom. The normalized spacial score (nSPS) is 10.6. The predicted molar refractivity (Wildman–Crippen MR) is 84.4 cm³/mol. The van der Waals surface area contributed by atoms with E-state index in [0.717, 1.165) is 29.5 Å². The standard InChI is InChI=1S/C19H22O/c1-4-15-10-11-16(5-2)18(12-15)19(20)13-17-9-7-6-8-14(17)3/h6-12H,4-5,13H2,1-3H3. The minimum absolute atomic E-state index is 0.228. The van der Waals surface area contributed by atoms with Crippen molar-refractivity contribution in [2.75, 3.05) is 0 Å². The van der Waals surface area contributed by atoms with E-state index in [1.54, 1.807) is 0 Å². The second kappa shape index (κ2) is 6.51. The van der Waals surface area contributed by atoms with Crippen molar-refractivity contribution in [1.29, 1.82) is 0 Å². The minimum atomic E-state index is 0.228. The second-order valence-electron chi connectivity index (χ2n) is 5.23. The summed E-state index contributed by atoms with van der Waals surface area (Å²) in [6.07, 6.45) is 2.36. The summed E-state index contributed by atoms with van der Waals surface area (Å²) in [5.74, 6) is 0.228. The lowest BCUT2D eigenvalue weighted by Crippen LogP contribution is -2.08. The molecule has 104 valence electrons. The van der Waals surface area contributed by atoms with Crippen LogP contribution in [-0.2, 0) is 19.3 Å². The molecular formula is C19H22O. The maximum atomic E-state index is 12.6. The third-order valence-electron chi connectivity index (χ3n) is 3.88. The van der Waals surface area contributed by atoms with E-state index in [1.165, 1.54) is 11.1 Å². The molecule has 0 heterocycles. The Hall–Kier alpha value is -1.89. The molecule has 0 aromatic heterocycles. The molecule has 0 radical (unpaired) electrons. The maximum absolute atomic E-state index is 12.6. The van der Waals surface area contributed by atoms with Crippen LogP contribution in [0, 0.1) is 6.92 Å². The van der Waals surface area contributed by atoms with E-state index in [4.69, 9.17) is 0 Å². The number of carbonyl (C=O) groups excluding carboxylic acids is 1. The van der Waals surface area contributed by atoms with Crippen molar-refractivity contribution >= 4 is 5.78 Å². The van der Waals surface area contributed by atoms with Crippen LogP contribution in [-0.4, -0.2) is 5.78 Å². The van der Waals surface area contributed by atoms with Gasteiger partial charge in [-0.1, -0.05) is 50.2 Å². The van der Waals surface area contributed by atoms with Gasteiger partial charge in [-0.25, -0.2) is 0 Å². The molecule has 0 atom stereocenters. The van der Waals surface area contributed by atoms with Gasteiger partial charge in [-0.3, -0.25) is 4.79 Å². The van der Waals surface area contributed by atoms with Crippen LogP contribution in [0.2, 0.25) is 0 Å². The first-order valence-electron chi connectivity index (χ1n) is 7.35. The van der Waals surface area contributed by atoms with Crippen molar-refractivity contribution < 1.29 is 4.79 Å². The van der Waals surface area contributed by atoms with Gasteiger partial charge in [0.1, 0.15) is 0 Å². The number of aryl methyl sites for hydroxylation is 3. The number of carbonyl (C=O) groups is 1. The fourth-order valence-corrected chi connectivity index (χ4v) is 2.49. The highest BCUT2D eigenvalue weighted by atomic mass is 16.1. The Labute approximate surface area is 121 Å². The Kier molecular flexibility index (Phi) is 4.73. The van der Waals surface area contributed by atoms with Crippen LogP contribution in [0.3, 0.4) is 0 Å². The largest absolute Gasteiger partial charge is 0.294 e. The number of rotatable bonds is 5. The molecule has 0 N–H and O–H groups in total. The number of hydrogen-bond acceptors (Lipinski definition) is 1. The summed E-state index contributed by atoms with van der Waals surface area (Å²) in [5, 5.41) is 0. The van der Waals surface area contributed by atoms with Gasteiger partial charge in [0, 0.05) is 12.0 Å². The molecule has 0 fully saturated rings. The van der Waals surface area contributed by atoms with Crippen molar-refractivity contribution in [3.8, 4) is 0 Å². The molecule has 2 rings (SSSR count). The molecule has 0 unspecified atom stereocenters. The molecule has 2 aromatic carbocycles. The first-order valence-corrected chi connectivity index (χ1v) is 7.35. The molecule has 0 spiro atoms.